The van der Waals surface area contributed by atoms with Gasteiger partial charge in [-0.15, -0.1) is 0 Å². The quantitative estimate of drug-likeness (QED) is 0.874. The van der Waals surface area contributed by atoms with Gasteiger partial charge in [0.15, 0.2) is 0 Å². The van der Waals surface area contributed by atoms with E-state index < -0.39 is 0 Å². The smallest absolute Gasteiger partial charge is 0.0732 e. The van der Waals surface area contributed by atoms with Gasteiger partial charge < -0.3 is 15.4 Å². The zero-order valence-corrected chi connectivity index (χ0v) is 12.9. The highest BCUT2D eigenvalue weighted by atomic mass is 16.5. The van der Waals surface area contributed by atoms with Crippen LogP contribution in [0.3, 0.4) is 0 Å². The number of rotatable bonds is 5. The average molecular weight is 288 g/mol. The predicted octanol–water partition coefficient (Wildman–Crippen LogP) is 2.86. The molecule has 0 radical (unpaired) electrons. The lowest BCUT2D eigenvalue weighted by Gasteiger charge is -2.36. The Hall–Kier alpha value is -0.900. The number of nitrogens with one attached hydrogen (secondary N) is 2. The maximum atomic E-state index is 6.25. The Morgan fingerprint density at radius 3 is 2.57 bits per heavy atom. The van der Waals surface area contributed by atoms with Gasteiger partial charge in [0, 0.05) is 12.1 Å². The zero-order chi connectivity index (χ0) is 14.3. The molecule has 1 heterocycles. The summed E-state index contributed by atoms with van der Waals surface area (Å²) in [5.41, 5.74) is 1.28. The van der Waals surface area contributed by atoms with Crippen LogP contribution in [0.15, 0.2) is 30.3 Å². The fourth-order valence-electron chi connectivity index (χ4n) is 3.56. The highest BCUT2D eigenvalue weighted by Gasteiger charge is 2.28. The molecule has 1 aromatic carbocycles. The molecule has 0 aromatic heterocycles. The topological polar surface area (TPSA) is 33.3 Å². The van der Waals surface area contributed by atoms with Crippen LogP contribution >= 0.6 is 0 Å². The normalized spacial score (nSPS) is 27.6. The van der Waals surface area contributed by atoms with Gasteiger partial charge in [-0.3, -0.25) is 0 Å². The van der Waals surface area contributed by atoms with E-state index in [0.717, 1.165) is 19.7 Å². The number of benzene rings is 1. The van der Waals surface area contributed by atoms with Crippen LogP contribution in [0, 0.1) is 0 Å². The molecule has 2 aliphatic rings. The fraction of sp³-hybridized carbons (Fsp3) is 0.667. The van der Waals surface area contributed by atoms with Crippen LogP contribution in [0.25, 0.3) is 0 Å². The second kappa shape index (κ2) is 7.92. The van der Waals surface area contributed by atoms with E-state index in [1.165, 1.54) is 44.1 Å². The third kappa shape index (κ3) is 4.53. The van der Waals surface area contributed by atoms with Gasteiger partial charge in [-0.1, -0.05) is 43.2 Å². The minimum absolute atomic E-state index is 0.383. The monoisotopic (exact) mass is 288 g/mol. The van der Waals surface area contributed by atoms with Crippen molar-refractivity contribution in [1.29, 1.82) is 0 Å². The molecule has 1 saturated heterocycles. The Kier molecular flexibility index (Phi) is 5.67. The van der Waals surface area contributed by atoms with E-state index in [2.05, 4.69) is 41.0 Å². The van der Waals surface area contributed by atoms with Crippen LogP contribution in [0.1, 0.15) is 44.1 Å². The second-order valence-electron chi connectivity index (χ2n) is 6.42. The van der Waals surface area contributed by atoms with Gasteiger partial charge in [-0.25, -0.2) is 0 Å². The van der Waals surface area contributed by atoms with Crippen LogP contribution in [-0.4, -0.2) is 31.3 Å². The van der Waals surface area contributed by atoms with Gasteiger partial charge >= 0.3 is 0 Å². The van der Waals surface area contributed by atoms with E-state index in [0.29, 0.717) is 18.2 Å². The Morgan fingerprint density at radius 2 is 1.76 bits per heavy atom. The van der Waals surface area contributed by atoms with E-state index in [1.54, 1.807) is 0 Å². The van der Waals surface area contributed by atoms with Crippen molar-refractivity contribution in [2.45, 2.75) is 63.3 Å². The molecule has 116 valence electrons. The van der Waals surface area contributed by atoms with Gasteiger partial charge in [0.1, 0.15) is 0 Å². The van der Waals surface area contributed by atoms with E-state index in [4.69, 9.17) is 4.74 Å². The zero-order valence-electron chi connectivity index (χ0n) is 12.9. The Labute approximate surface area is 128 Å². The molecule has 21 heavy (non-hydrogen) atoms. The molecule has 2 N–H and O–H groups in total. The molecule has 1 aromatic rings. The first-order valence-electron chi connectivity index (χ1n) is 8.54. The molecule has 0 spiro atoms. The molecule has 1 aliphatic carbocycles. The molecule has 0 unspecified atom stereocenters. The van der Waals surface area contributed by atoms with Crippen molar-refractivity contribution in [2.75, 3.05) is 13.1 Å². The minimum atomic E-state index is 0.383. The van der Waals surface area contributed by atoms with Crippen molar-refractivity contribution in [2.24, 2.45) is 0 Å². The largest absolute Gasteiger partial charge is 0.372 e. The molecule has 0 amide bonds. The lowest BCUT2D eigenvalue weighted by molar-refractivity contribution is -0.00929. The molecule has 3 rings (SSSR count). The van der Waals surface area contributed by atoms with E-state index in [1.807, 2.05) is 0 Å². The predicted molar refractivity (Wildman–Crippen MR) is 86.3 cm³/mol. The summed E-state index contributed by atoms with van der Waals surface area (Å²) < 4.78 is 6.25. The molecule has 3 heteroatoms. The number of piperidine rings is 1. The highest BCUT2D eigenvalue weighted by Crippen LogP contribution is 2.23. The molecular formula is C18H28N2O. The maximum Gasteiger partial charge on any atom is 0.0732 e. The second-order valence-corrected chi connectivity index (χ2v) is 6.42. The third-order valence-corrected chi connectivity index (χ3v) is 4.80. The summed E-state index contributed by atoms with van der Waals surface area (Å²) in [6.45, 7) is 3.05. The van der Waals surface area contributed by atoms with Crippen molar-refractivity contribution >= 4 is 0 Å². The Bertz CT molecular complexity index is 403. The lowest BCUT2D eigenvalue weighted by Crippen LogP contribution is -2.50. The van der Waals surface area contributed by atoms with Gasteiger partial charge in [0.2, 0.25) is 0 Å². The van der Waals surface area contributed by atoms with Gasteiger partial charge in [-0.2, -0.15) is 0 Å². The minimum Gasteiger partial charge on any atom is -0.372 e. The molecule has 2 fully saturated rings. The number of hydrogen-bond acceptors (Lipinski definition) is 3. The van der Waals surface area contributed by atoms with Crippen LogP contribution < -0.4 is 10.6 Å². The first-order valence-corrected chi connectivity index (χ1v) is 8.54. The Balaban J connectivity index is 1.51. The van der Waals surface area contributed by atoms with Crippen LogP contribution in [0.2, 0.25) is 0 Å². The fourth-order valence-corrected chi connectivity index (χ4v) is 3.56. The summed E-state index contributed by atoms with van der Waals surface area (Å²) >= 11 is 0. The van der Waals surface area contributed by atoms with Crippen molar-refractivity contribution < 1.29 is 4.74 Å². The summed E-state index contributed by atoms with van der Waals surface area (Å²) in [6, 6.07) is 11.8. The summed E-state index contributed by atoms with van der Waals surface area (Å²) in [7, 11) is 0. The molecule has 2 atom stereocenters. The van der Waals surface area contributed by atoms with Gasteiger partial charge in [0.05, 0.1) is 12.7 Å². The van der Waals surface area contributed by atoms with Crippen LogP contribution in [0.5, 0.6) is 0 Å². The molecule has 1 saturated carbocycles. The van der Waals surface area contributed by atoms with Crippen molar-refractivity contribution in [3.05, 3.63) is 35.9 Å². The average Bonchev–Trinajstić information content (AvgIpc) is 2.56. The van der Waals surface area contributed by atoms with Gasteiger partial charge in [0.25, 0.3) is 0 Å². The summed E-state index contributed by atoms with van der Waals surface area (Å²) in [4.78, 5) is 0. The molecule has 3 nitrogen and oxygen atoms in total. The van der Waals surface area contributed by atoms with Crippen LogP contribution in [-0.2, 0) is 11.3 Å². The first-order chi connectivity index (χ1) is 10.4. The highest BCUT2D eigenvalue weighted by molar-refractivity contribution is 5.13. The molecular weight excluding hydrogens is 260 g/mol. The van der Waals surface area contributed by atoms with Crippen molar-refractivity contribution in [1.82, 2.24) is 10.6 Å². The van der Waals surface area contributed by atoms with E-state index in [9.17, 15) is 0 Å². The van der Waals surface area contributed by atoms with Crippen molar-refractivity contribution in [3.63, 3.8) is 0 Å². The first kappa shape index (κ1) is 15.0. The molecule has 0 bridgehead atoms. The lowest BCUT2D eigenvalue weighted by atomic mass is 9.91. The van der Waals surface area contributed by atoms with E-state index >= 15 is 0 Å². The van der Waals surface area contributed by atoms with Gasteiger partial charge in [-0.05, 0) is 44.3 Å². The Morgan fingerprint density at radius 1 is 1.00 bits per heavy atom. The SMILES string of the molecule is c1ccc(CO[C@@H]2CCCC[C@H]2NC2CCNCC2)cc1. The number of ether oxygens (including phenoxy) is 1. The third-order valence-electron chi connectivity index (χ3n) is 4.80. The molecule has 1 aliphatic heterocycles. The summed E-state index contributed by atoms with van der Waals surface area (Å²) in [5, 5.41) is 7.32. The van der Waals surface area contributed by atoms with Crippen molar-refractivity contribution in [3.8, 4) is 0 Å². The summed E-state index contributed by atoms with van der Waals surface area (Å²) in [6.07, 6.45) is 8.01. The van der Waals surface area contributed by atoms with Crippen LogP contribution in [0.4, 0.5) is 0 Å². The summed E-state index contributed by atoms with van der Waals surface area (Å²) in [5.74, 6) is 0. The van der Waals surface area contributed by atoms with E-state index in [-0.39, 0.29) is 0 Å². The maximum absolute atomic E-state index is 6.25. The standard InChI is InChI=1S/C18H28N2O/c1-2-6-15(7-3-1)14-21-18-9-5-4-8-17(18)20-16-10-12-19-13-11-16/h1-3,6-7,16-20H,4-5,8-14H2/t17-,18-/m1/s1. The number of hydrogen-bond donors (Lipinski definition) is 2.